The third kappa shape index (κ3) is 0.0967. The Bertz CT molecular complexity index is 14.0. The lowest BCUT2D eigenvalue weighted by Gasteiger charge is -2.10. The van der Waals surface area contributed by atoms with Gasteiger partial charge in [-0.3, -0.25) is 0 Å². The molecule has 1 aliphatic rings. The molecule has 0 atom stereocenters. The maximum Gasteiger partial charge on any atom is 0.192 e. The lowest BCUT2D eigenvalue weighted by Crippen LogP contribution is -2.29. The van der Waals surface area contributed by atoms with E-state index in [-0.39, 0.29) is 0 Å². The Morgan fingerprint density at radius 1 is 1.50 bits per heavy atom. The molecule has 0 spiro atoms. The molecule has 0 amide bonds. The fraction of sp³-hybridized carbons (Fsp3) is 1.00. The van der Waals surface area contributed by atoms with Crippen molar-refractivity contribution in [2.75, 3.05) is 6.79 Å². The molecule has 0 aliphatic carbocycles. The van der Waals surface area contributed by atoms with Gasteiger partial charge in [0, 0.05) is 0 Å². The van der Waals surface area contributed by atoms with E-state index in [0.717, 1.165) is 0 Å². The van der Waals surface area contributed by atoms with Crippen LogP contribution in [0, 0.1) is 0 Å². The summed E-state index contributed by atoms with van der Waals surface area (Å²) in [5, 5.41) is 0. The third-order valence-electron chi connectivity index (χ3n) is 0.236. The minimum atomic E-state index is 0.389. The van der Waals surface area contributed by atoms with Crippen LogP contribution in [0.15, 0.2) is 0 Å². The Labute approximate surface area is 23.4 Å². The molecule has 1 rings (SSSR count). The van der Waals surface area contributed by atoms with Crippen molar-refractivity contribution in [2.45, 2.75) is 0 Å². The van der Waals surface area contributed by atoms with E-state index in [1.807, 2.05) is 0 Å². The molecule has 0 aromatic heterocycles. The highest BCUT2D eigenvalue weighted by Gasteiger charge is 1.92. The van der Waals surface area contributed by atoms with E-state index >= 15 is 0 Å². The molecule has 0 radical (unpaired) electrons. The van der Waals surface area contributed by atoms with E-state index in [0.29, 0.717) is 6.79 Å². The first-order valence-corrected chi connectivity index (χ1v) is 0.986. The molecule has 24 valence electrons. The van der Waals surface area contributed by atoms with Crippen LogP contribution in [0.4, 0.5) is 0 Å². The summed E-state index contributed by atoms with van der Waals surface area (Å²) < 4.78 is 0. The van der Waals surface area contributed by atoms with Crippen LogP contribution in [0.5, 0.6) is 0 Å². The van der Waals surface area contributed by atoms with E-state index in [9.17, 15) is 0 Å². The third-order valence-corrected chi connectivity index (χ3v) is 0.236. The Balaban J connectivity index is 2.00. The second-order valence-corrected chi connectivity index (χ2v) is 0.490. The summed E-state index contributed by atoms with van der Waals surface area (Å²) in [5.74, 6) is 0. The summed E-state index contributed by atoms with van der Waals surface area (Å²) in [6, 6.07) is 0. The Hall–Kier alpha value is -0.120. The average molecular weight is 61.0 g/mol. The number of hydrogen-bond acceptors (Lipinski definition) is 3. The van der Waals surface area contributed by atoms with Gasteiger partial charge in [0.15, 0.2) is 6.79 Å². The Morgan fingerprint density at radius 2 is 1.75 bits per heavy atom. The first-order chi connectivity index (χ1) is 2.00. The topological polar surface area (TPSA) is 30.5 Å². The molecule has 0 aromatic rings. The largest absolute Gasteiger partial charge is 0.246 e. The second-order valence-electron chi connectivity index (χ2n) is 0.490. The number of rotatable bonds is 0. The minimum Gasteiger partial charge on any atom is -0.246 e. The molecule has 1 heterocycles. The van der Waals surface area contributed by atoms with Crippen molar-refractivity contribution in [1.82, 2.24) is 5.64 Å². The van der Waals surface area contributed by atoms with Crippen LogP contribution in [0.3, 0.4) is 0 Å². The van der Waals surface area contributed by atoms with Gasteiger partial charge in [0.2, 0.25) is 0 Å². The van der Waals surface area contributed by atoms with Gasteiger partial charge in [0.1, 0.15) is 0 Å². The summed E-state index contributed by atoms with van der Waals surface area (Å²) in [5.41, 5.74) is 2.11. The zero-order valence-corrected chi connectivity index (χ0v) is 2.02. The number of hydrogen-bond donors (Lipinski definition) is 1. The first-order valence-electron chi connectivity index (χ1n) is 0.986. The molecular weight excluding hydrogens is 58.0 g/mol. The van der Waals surface area contributed by atoms with Gasteiger partial charge in [-0.25, -0.2) is 9.68 Å². The van der Waals surface area contributed by atoms with E-state index in [4.69, 9.17) is 0 Å². The predicted molar refractivity (Wildman–Crippen MR) is 10.2 cm³/mol. The van der Waals surface area contributed by atoms with Crippen molar-refractivity contribution < 1.29 is 9.68 Å². The van der Waals surface area contributed by atoms with Crippen LogP contribution < -0.4 is 5.64 Å². The van der Waals surface area contributed by atoms with E-state index < -0.39 is 0 Å². The minimum absolute atomic E-state index is 0.389. The van der Waals surface area contributed by atoms with E-state index in [1.165, 1.54) is 0 Å². The second kappa shape index (κ2) is 0.676. The SMILES string of the molecule is C1ONO1. The Kier molecular flexibility index (Phi) is 0.361. The van der Waals surface area contributed by atoms with Crippen molar-refractivity contribution in [1.29, 1.82) is 0 Å². The number of nitrogens with one attached hydrogen (secondary N) is 1. The molecule has 0 aromatic carbocycles. The molecule has 0 unspecified atom stereocenters. The summed E-state index contributed by atoms with van der Waals surface area (Å²) in [6.45, 7) is 0.389. The van der Waals surface area contributed by atoms with Gasteiger partial charge >= 0.3 is 0 Å². The zero-order valence-electron chi connectivity index (χ0n) is 2.02. The van der Waals surface area contributed by atoms with Gasteiger partial charge in [0.05, 0.1) is 0 Å². The average Bonchev–Trinajstić information content (AvgIpc) is 0.722. The lowest BCUT2D eigenvalue weighted by molar-refractivity contribution is -0.350. The molecule has 4 heavy (non-hydrogen) atoms. The first kappa shape index (κ1) is 2.14. The van der Waals surface area contributed by atoms with Crippen LogP contribution in [-0.4, -0.2) is 6.79 Å². The van der Waals surface area contributed by atoms with Crippen LogP contribution in [-0.2, 0) is 9.68 Å². The summed E-state index contributed by atoms with van der Waals surface area (Å²) >= 11 is 0. The van der Waals surface area contributed by atoms with E-state index in [2.05, 4.69) is 15.3 Å². The molecule has 1 saturated heterocycles. The molecule has 0 saturated carbocycles. The fourth-order valence-corrected chi connectivity index (χ4v) is 0.0589. The highest BCUT2D eigenvalue weighted by molar-refractivity contribution is 3.93. The lowest BCUT2D eigenvalue weighted by atomic mass is 11.5. The van der Waals surface area contributed by atoms with Gasteiger partial charge in [0.25, 0.3) is 0 Å². The standard InChI is InChI=1S/CH3NO2/c1-3-2-4-1/h2H,1H2. The predicted octanol–water partition coefficient (Wildman–Crippen LogP) is -0.590. The van der Waals surface area contributed by atoms with Crippen molar-refractivity contribution in [2.24, 2.45) is 0 Å². The zero-order chi connectivity index (χ0) is 2.83. The van der Waals surface area contributed by atoms with Crippen LogP contribution in [0.25, 0.3) is 0 Å². The van der Waals surface area contributed by atoms with Crippen molar-refractivity contribution in [3.63, 3.8) is 0 Å². The summed E-state index contributed by atoms with van der Waals surface area (Å²) in [4.78, 5) is 8.50. The molecular formula is CH3NO2. The fourth-order valence-electron chi connectivity index (χ4n) is 0.0589. The molecule has 1 fully saturated rings. The maximum atomic E-state index is 4.25. The van der Waals surface area contributed by atoms with Gasteiger partial charge in [-0.15, -0.1) is 0 Å². The highest BCUT2D eigenvalue weighted by Crippen LogP contribution is 1.76. The summed E-state index contributed by atoms with van der Waals surface area (Å²) in [6.07, 6.45) is 0. The quantitative estimate of drug-likeness (QED) is 0.406. The Morgan fingerprint density at radius 3 is 1.75 bits per heavy atom. The van der Waals surface area contributed by atoms with Crippen molar-refractivity contribution in [3.05, 3.63) is 0 Å². The van der Waals surface area contributed by atoms with Crippen LogP contribution in [0.2, 0.25) is 0 Å². The molecule has 3 heteroatoms. The van der Waals surface area contributed by atoms with Crippen LogP contribution in [0.1, 0.15) is 0 Å². The van der Waals surface area contributed by atoms with Gasteiger partial charge in [-0.2, -0.15) is 0 Å². The van der Waals surface area contributed by atoms with Crippen LogP contribution >= 0.6 is 0 Å². The molecule has 1 aliphatic heterocycles. The maximum absolute atomic E-state index is 4.25. The summed E-state index contributed by atoms with van der Waals surface area (Å²) in [7, 11) is 0. The van der Waals surface area contributed by atoms with Gasteiger partial charge < -0.3 is 0 Å². The normalized spacial score (nSPS) is 24.0. The van der Waals surface area contributed by atoms with Crippen molar-refractivity contribution in [3.8, 4) is 0 Å². The molecule has 3 nitrogen and oxygen atoms in total. The van der Waals surface area contributed by atoms with Gasteiger partial charge in [-0.05, 0) is 0 Å². The monoisotopic (exact) mass is 61.0 g/mol. The smallest absolute Gasteiger partial charge is 0.192 e. The highest BCUT2D eigenvalue weighted by atomic mass is 17.1. The van der Waals surface area contributed by atoms with Gasteiger partial charge in [-0.1, -0.05) is 5.64 Å². The van der Waals surface area contributed by atoms with E-state index in [1.54, 1.807) is 0 Å². The molecule has 1 N–H and O–H groups in total. The van der Waals surface area contributed by atoms with Crippen molar-refractivity contribution >= 4 is 0 Å². The molecule has 0 bridgehead atoms.